The van der Waals surface area contributed by atoms with Crippen LogP contribution < -0.4 is 4.74 Å². The highest BCUT2D eigenvalue weighted by Crippen LogP contribution is 2.18. The van der Waals surface area contributed by atoms with E-state index in [-0.39, 0.29) is 0 Å². The Morgan fingerprint density at radius 3 is 2.72 bits per heavy atom. The Kier molecular flexibility index (Phi) is 5.57. The van der Waals surface area contributed by atoms with Gasteiger partial charge in [0.1, 0.15) is 12.4 Å². The van der Waals surface area contributed by atoms with E-state index >= 15 is 0 Å². The molecule has 3 rings (SSSR count). The van der Waals surface area contributed by atoms with Crippen LogP contribution in [0.15, 0.2) is 47.1 Å². The molecule has 0 bridgehead atoms. The zero-order valence-corrected chi connectivity index (χ0v) is 15.6. The lowest BCUT2D eigenvalue weighted by Gasteiger charge is -2.16. The fourth-order valence-corrected chi connectivity index (χ4v) is 2.66. The van der Waals surface area contributed by atoms with E-state index in [1.54, 1.807) is 10.9 Å². The molecular formula is C17H19ClN4O2S. The molecular weight excluding hydrogens is 360 g/mol. The second-order valence-electron chi connectivity index (χ2n) is 5.67. The van der Waals surface area contributed by atoms with Gasteiger partial charge in [0, 0.05) is 18.6 Å². The molecule has 0 N–H and O–H groups in total. The summed E-state index contributed by atoms with van der Waals surface area (Å²) in [5, 5.41) is 5.25. The van der Waals surface area contributed by atoms with E-state index < -0.39 is 0 Å². The molecule has 0 saturated heterocycles. The fourth-order valence-electron chi connectivity index (χ4n) is 2.35. The van der Waals surface area contributed by atoms with E-state index in [4.69, 9.17) is 33.0 Å². The molecule has 0 atom stereocenters. The number of aromatic nitrogens is 3. The molecule has 2 aromatic heterocycles. The van der Waals surface area contributed by atoms with Crippen LogP contribution in [0.3, 0.4) is 0 Å². The van der Waals surface area contributed by atoms with Crippen LogP contribution in [0.5, 0.6) is 5.75 Å². The predicted octanol–water partition coefficient (Wildman–Crippen LogP) is 3.83. The number of hydrogen-bond acceptors (Lipinski definition) is 5. The van der Waals surface area contributed by atoms with Gasteiger partial charge in [-0.05, 0) is 55.7 Å². The maximum atomic E-state index is 5.86. The number of benzene rings is 1. The van der Waals surface area contributed by atoms with Gasteiger partial charge in [0.15, 0.2) is 16.4 Å². The number of rotatable bonds is 7. The van der Waals surface area contributed by atoms with Crippen molar-refractivity contribution in [2.75, 3.05) is 20.2 Å². The van der Waals surface area contributed by atoms with Crippen LogP contribution in [0.1, 0.15) is 0 Å². The molecule has 25 heavy (non-hydrogen) atoms. The smallest absolute Gasteiger partial charge is 0.199 e. The Morgan fingerprint density at radius 1 is 1.28 bits per heavy atom. The largest absolute Gasteiger partial charge is 0.492 e. The highest BCUT2D eigenvalue weighted by molar-refractivity contribution is 7.71. The molecule has 0 fully saturated rings. The average molecular weight is 379 g/mol. The zero-order chi connectivity index (χ0) is 17.8. The molecule has 0 unspecified atom stereocenters. The van der Waals surface area contributed by atoms with Gasteiger partial charge in [0.25, 0.3) is 0 Å². The Balaban J connectivity index is 1.58. The summed E-state index contributed by atoms with van der Waals surface area (Å²) in [4.78, 5) is 2.09. The summed E-state index contributed by atoms with van der Waals surface area (Å²) in [6.07, 6.45) is 1.62. The van der Waals surface area contributed by atoms with E-state index in [0.29, 0.717) is 34.7 Å². The number of nitrogens with zero attached hydrogens (tertiary/aromatic N) is 4. The van der Waals surface area contributed by atoms with Crippen molar-refractivity contribution in [1.29, 1.82) is 0 Å². The summed E-state index contributed by atoms with van der Waals surface area (Å²) in [6, 6.07) is 11.0. The highest BCUT2D eigenvalue weighted by atomic mass is 35.5. The van der Waals surface area contributed by atoms with Crippen LogP contribution in [-0.2, 0) is 13.7 Å². The van der Waals surface area contributed by atoms with Crippen molar-refractivity contribution in [3.8, 4) is 17.3 Å². The molecule has 0 radical (unpaired) electrons. The Bertz CT molecular complexity index is 871. The quantitative estimate of drug-likeness (QED) is 0.585. The van der Waals surface area contributed by atoms with Crippen molar-refractivity contribution in [1.82, 2.24) is 19.2 Å². The van der Waals surface area contributed by atoms with Gasteiger partial charge in [-0.25, -0.2) is 4.68 Å². The topological polar surface area (TPSA) is 48.4 Å². The van der Waals surface area contributed by atoms with Gasteiger partial charge < -0.3 is 13.7 Å². The molecule has 3 aromatic rings. The summed E-state index contributed by atoms with van der Waals surface area (Å²) in [5.74, 6) is 2.20. The van der Waals surface area contributed by atoms with Crippen molar-refractivity contribution in [2.24, 2.45) is 7.05 Å². The first-order valence-corrected chi connectivity index (χ1v) is 8.58. The number of furan rings is 1. The lowest BCUT2D eigenvalue weighted by atomic mass is 10.3. The molecule has 0 spiro atoms. The van der Waals surface area contributed by atoms with Crippen LogP contribution in [-0.4, -0.2) is 39.4 Å². The summed E-state index contributed by atoms with van der Waals surface area (Å²) >= 11 is 11.3. The van der Waals surface area contributed by atoms with Crippen LogP contribution in [0.2, 0.25) is 5.02 Å². The monoisotopic (exact) mass is 378 g/mol. The fraction of sp³-hybridized carbons (Fsp3) is 0.294. The third-order valence-electron chi connectivity index (χ3n) is 3.71. The van der Waals surface area contributed by atoms with Gasteiger partial charge in [0.05, 0.1) is 12.9 Å². The van der Waals surface area contributed by atoms with Crippen molar-refractivity contribution < 1.29 is 9.15 Å². The molecule has 2 heterocycles. The van der Waals surface area contributed by atoms with Crippen molar-refractivity contribution in [3.05, 3.63) is 52.5 Å². The lowest BCUT2D eigenvalue weighted by Crippen LogP contribution is -2.27. The highest BCUT2D eigenvalue weighted by Gasteiger charge is 2.13. The molecule has 0 aliphatic rings. The molecule has 0 saturated carbocycles. The minimum Gasteiger partial charge on any atom is -0.492 e. The molecule has 8 heteroatoms. The van der Waals surface area contributed by atoms with Gasteiger partial charge in [-0.3, -0.25) is 4.90 Å². The number of likely N-dealkylation sites (N-methyl/N-ethyl adjacent to an activating group) is 1. The maximum Gasteiger partial charge on any atom is 0.199 e. The Morgan fingerprint density at radius 2 is 2.04 bits per heavy atom. The standard InChI is InChI=1S/C17H19ClN4O2S/c1-20(9-11-23-14-7-5-13(18)6-8-14)12-22-17(25)21(2)16(19-22)15-4-3-10-24-15/h3-8,10H,9,11-12H2,1-2H3. The van der Waals surface area contributed by atoms with Gasteiger partial charge >= 0.3 is 0 Å². The minimum atomic E-state index is 0.559. The van der Waals surface area contributed by atoms with Gasteiger partial charge in [0.2, 0.25) is 0 Å². The van der Waals surface area contributed by atoms with Crippen LogP contribution in [0.25, 0.3) is 11.6 Å². The van der Waals surface area contributed by atoms with Crippen LogP contribution in [0, 0.1) is 4.77 Å². The van der Waals surface area contributed by atoms with Crippen molar-refractivity contribution >= 4 is 23.8 Å². The number of hydrogen-bond donors (Lipinski definition) is 0. The lowest BCUT2D eigenvalue weighted by molar-refractivity contribution is 0.198. The SMILES string of the molecule is CN(CCOc1ccc(Cl)cc1)Cn1nc(-c2ccco2)n(C)c1=S. The Labute approximate surface area is 156 Å². The normalized spacial score (nSPS) is 11.2. The number of halogens is 1. The van der Waals surface area contributed by atoms with E-state index in [9.17, 15) is 0 Å². The number of ether oxygens (including phenoxy) is 1. The average Bonchev–Trinajstić information content (AvgIpc) is 3.21. The van der Waals surface area contributed by atoms with Gasteiger partial charge in [-0.1, -0.05) is 11.6 Å². The first-order chi connectivity index (χ1) is 12.0. The van der Waals surface area contributed by atoms with E-state index in [2.05, 4.69) is 10.00 Å². The minimum absolute atomic E-state index is 0.559. The predicted molar refractivity (Wildman–Crippen MR) is 99.3 cm³/mol. The maximum absolute atomic E-state index is 5.86. The second-order valence-corrected chi connectivity index (χ2v) is 6.47. The third-order valence-corrected chi connectivity index (χ3v) is 4.45. The van der Waals surface area contributed by atoms with Crippen LogP contribution >= 0.6 is 23.8 Å². The molecule has 1 aromatic carbocycles. The first kappa shape index (κ1) is 17.7. The molecule has 0 aliphatic carbocycles. The molecule has 0 amide bonds. The second kappa shape index (κ2) is 7.86. The van der Waals surface area contributed by atoms with Gasteiger partial charge in [-0.15, -0.1) is 5.10 Å². The summed E-state index contributed by atoms with van der Waals surface area (Å²) in [6.45, 7) is 1.86. The van der Waals surface area contributed by atoms with E-state index in [1.807, 2.05) is 55.1 Å². The molecule has 0 aliphatic heterocycles. The van der Waals surface area contributed by atoms with E-state index in [0.717, 1.165) is 12.3 Å². The Hall–Kier alpha value is -2.09. The van der Waals surface area contributed by atoms with Gasteiger partial charge in [-0.2, -0.15) is 0 Å². The van der Waals surface area contributed by atoms with E-state index in [1.165, 1.54) is 0 Å². The van der Waals surface area contributed by atoms with Crippen LogP contribution in [0.4, 0.5) is 0 Å². The summed E-state index contributed by atoms with van der Waals surface area (Å²) in [5.41, 5.74) is 0. The summed E-state index contributed by atoms with van der Waals surface area (Å²) in [7, 11) is 3.88. The first-order valence-electron chi connectivity index (χ1n) is 7.79. The zero-order valence-electron chi connectivity index (χ0n) is 14.1. The molecule has 6 nitrogen and oxygen atoms in total. The van der Waals surface area contributed by atoms with Crippen molar-refractivity contribution in [2.45, 2.75) is 6.67 Å². The molecule has 132 valence electrons. The van der Waals surface area contributed by atoms with Crippen molar-refractivity contribution in [3.63, 3.8) is 0 Å². The summed E-state index contributed by atoms with van der Waals surface area (Å²) < 4.78 is 15.4. The third kappa shape index (κ3) is 4.31.